The Morgan fingerprint density at radius 2 is 1.76 bits per heavy atom. The van der Waals surface area contributed by atoms with E-state index in [1.807, 2.05) is 23.0 Å². The van der Waals surface area contributed by atoms with Gasteiger partial charge in [-0.3, -0.25) is 0 Å². The molecule has 1 aromatic heterocycles. The van der Waals surface area contributed by atoms with Gasteiger partial charge < -0.3 is 19.5 Å². The third-order valence-corrected chi connectivity index (χ3v) is 3.62. The van der Waals surface area contributed by atoms with E-state index >= 15 is 0 Å². The minimum atomic E-state index is 0.362. The number of benzene rings is 1. The summed E-state index contributed by atoms with van der Waals surface area (Å²) in [5, 5.41) is 11.7. The van der Waals surface area contributed by atoms with Crippen LogP contribution in [-0.2, 0) is 0 Å². The van der Waals surface area contributed by atoms with Gasteiger partial charge in [0.2, 0.25) is 0 Å². The van der Waals surface area contributed by atoms with Crippen molar-refractivity contribution >= 4 is 0 Å². The molecule has 1 aliphatic heterocycles. The highest BCUT2D eigenvalue weighted by atomic mass is 16.5. The van der Waals surface area contributed by atoms with Gasteiger partial charge >= 0.3 is 0 Å². The number of rotatable bonds is 5. The van der Waals surface area contributed by atoms with E-state index in [0.29, 0.717) is 23.3 Å². The van der Waals surface area contributed by atoms with E-state index in [1.54, 1.807) is 21.3 Å². The van der Waals surface area contributed by atoms with Crippen molar-refractivity contribution in [3.05, 3.63) is 18.3 Å². The van der Waals surface area contributed by atoms with Gasteiger partial charge in [0.1, 0.15) is 22.9 Å². The van der Waals surface area contributed by atoms with Gasteiger partial charge in [-0.15, -0.1) is 5.10 Å². The molecule has 1 fully saturated rings. The first-order chi connectivity index (χ1) is 10.3. The number of nitrogens with one attached hydrogen (secondary N) is 1. The molecule has 0 spiro atoms. The van der Waals surface area contributed by atoms with Gasteiger partial charge in [0.25, 0.3) is 0 Å². The van der Waals surface area contributed by atoms with E-state index in [-0.39, 0.29) is 0 Å². The summed E-state index contributed by atoms with van der Waals surface area (Å²) in [5.41, 5.74) is 1.50. The van der Waals surface area contributed by atoms with Gasteiger partial charge in [-0.25, -0.2) is 4.68 Å². The Bertz CT molecular complexity index is 612. The summed E-state index contributed by atoms with van der Waals surface area (Å²) in [6.45, 7) is 1.83. The fourth-order valence-corrected chi connectivity index (χ4v) is 2.29. The largest absolute Gasteiger partial charge is 0.496 e. The van der Waals surface area contributed by atoms with E-state index in [4.69, 9.17) is 14.2 Å². The van der Waals surface area contributed by atoms with E-state index in [2.05, 4.69) is 15.6 Å². The lowest BCUT2D eigenvalue weighted by Gasteiger charge is -2.26. The van der Waals surface area contributed by atoms with Crippen molar-refractivity contribution in [3.63, 3.8) is 0 Å². The first kappa shape index (κ1) is 13.7. The topological polar surface area (TPSA) is 70.4 Å². The molecule has 7 heteroatoms. The molecule has 7 nitrogen and oxygen atoms in total. The van der Waals surface area contributed by atoms with E-state index in [9.17, 15) is 0 Å². The molecular formula is C14H18N4O3. The van der Waals surface area contributed by atoms with Crippen LogP contribution in [0.2, 0.25) is 0 Å². The van der Waals surface area contributed by atoms with Crippen LogP contribution in [0, 0.1) is 0 Å². The smallest absolute Gasteiger partial charge is 0.135 e. The molecule has 0 saturated carbocycles. The highest BCUT2D eigenvalue weighted by Crippen LogP contribution is 2.40. The van der Waals surface area contributed by atoms with Crippen molar-refractivity contribution in [1.82, 2.24) is 20.3 Å². The van der Waals surface area contributed by atoms with Gasteiger partial charge in [0.15, 0.2) is 0 Å². The molecule has 0 radical (unpaired) electrons. The summed E-state index contributed by atoms with van der Waals surface area (Å²) in [7, 11) is 4.82. The monoisotopic (exact) mass is 290 g/mol. The number of hydrogen-bond acceptors (Lipinski definition) is 6. The summed E-state index contributed by atoms with van der Waals surface area (Å²) < 4.78 is 18.0. The van der Waals surface area contributed by atoms with Crippen LogP contribution in [0.15, 0.2) is 18.3 Å². The van der Waals surface area contributed by atoms with Gasteiger partial charge in [-0.1, -0.05) is 5.21 Å². The second-order valence-corrected chi connectivity index (χ2v) is 4.80. The first-order valence-electron chi connectivity index (χ1n) is 6.69. The van der Waals surface area contributed by atoms with Crippen LogP contribution in [0.3, 0.4) is 0 Å². The fraction of sp³-hybridized carbons (Fsp3) is 0.429. The van der Waals surface area contributed by atoms with Crippen molar-refractivity contribution in [2.24, 2.45) is 0 Å². The second-order valence-electron chi connectivity index (χ2n) is 4.80. The molecule has 0 unspecified atom stereocenters. The van der Waals surface area contributed by atoms with Crippen molar-refractivity contribution in [3.8, 4) is 28.5 Å². The average Bonchev–Trinajstić information content (AvgIpc) is 2.92. The number of aromatic nitrogens is 3. The highest BCUT2D eigenvalue weighted by Gasteiger charge is 2.23. The van der Waals surface area contributed by atoms with Crippen LogP contribution in [0.1, 0.15) is 6.04 Å². The van der Waals surface area contributed by atoms with E-state index < -0.39 is 0 Å². The van der Waals surface area contributed by atoms with Crippen molar-refractivity contribution < 1.29 is 14.2 Å². The van der Waals surface area contributed by atoms with Gasteiger partial charge in [0.05, 0.1) is 39.1 Å². The highest BCUT2D eigenvalue weighted by molar-refractivity contribution is 5.75. The van der Waals surface area contributed by atoms with Crippen LogP contribution < -0.4 is 19.5 Å². The SMILES string of the molecule is COc1cc(OC)c(-c2cn(C3CNC3)nn2)c(OC)c1. The third-order valence-electron chi connectivity index (χ3n) is 3.62. The number of methoxy groups -OCH3 is 3. The van der Waals surface area contributed by atoms with E-state index in [0.717, 1.165) is 24.3 Å². The maximum Gasteiger partial charge on any atom is 0.135 e. The van der Waals surface area contributed by atoms with Gasteiger partial charge in [-0.05, 0) is 0 Å². The molecule has 2 heterocycles. The lowest BCUT2D eigenvalue weighted by atomic mass is 10.1. The normalized spacial score (nSPS) is 14.6. The van der Waals surface area contributed by atoms with Crippen molar-refractivity contribution in [2.45, 2.75) is 6.04 Å². The summed E-state index contributed by atoms with van der Waals surface area (Å²) in [6.07, 6.45) is 1.92. The molecule has 0 atom stereocenters. The predicted octanol–water partition coefficient (Wildman–Crippen LogP) is 1.12. The summed E-state index contributed by atoms with van der Waals surface area (Å²) in [5.74, 6) is 1.96. The quantitative estimate of drug-likeness (QED) is 0.889. The molecule has 1 N–H and O–H groups in total. The van der Waals surface area contributed by atoms with Crippen molar-refractivity contribution in [2.75, 3.05) is 34.4 Å². The maximum atomic E-state index is 5.45. The van der Waals surface area contributed by atoms with Gasteiger partial charge in [0, 0.05) is 25.2 Å². The molecule has 2 aromatic rings. The standard InChI is InChI=1S/C14H18N4O3/c1-19-10-4-12(20-2)14(13(5-10)21-3)11-8-18(17-16-11)9-6-15-7-9/h4-5,8-9,15H,6-7H2,1-3H3. The molecule has 1 aliphatic rings. The van der Waals surface area contributed by atoms with Crippen LogP contribution in [0.25, 0.3) is 11.3 Å². The van der Waals surface area contributed by atoms with E-state index in [1.165, 1.54) is 0 Å². The molecular weight excluding hydrogens is 272 g/mol. The maximum absolute atomic E-state index is 5.45. The van der Waals surface area contributed by atoms with Crippen LogP contribution in [0.4, 0.5) is 0 Å². The lowest BCUT2D eigenvalue weighted by Crippen LogP contribution is -2.43. The first-order valence-corrected chi connectivity index (χ1v) is 6.69. The zero-order chi connectivity index (χ0) is 14.8. The number of nitrogens with zero attached hydrogens (tertiary/aromatic N) is 3. The molecule has 0 bridgehead atoms. The predicted molar refractivity (Wildman–Crippen MR) is 77.0 cm³/mol. The number of ether oxygens (including phenoxy) is 3. The average molecular weight is 290 g/mol. The second kappa shape index (κ2) is 5.61. The Morgan fingerprint density at radius 3 is 2.24 bits per heavy atom. The summed E-state index contributed by atoms with van der Waals surface area (Å²) in [4.78, 5) is 0. The van der Waals surface area contributed by atoms with Crippen LogP contribution in [-0.4, -0.2) is 49.4 Å². The van der Waals surface area contributed by atoms with Crippen LogP contribution in [0.5, 0.6) is 17.2 Å². The summed E-state index contributed by atoms with van der Waals surface area (Å²) >= 11 is 0. The molecule has 0 aliphatic carbocycles. The zero-order valence-corrected chi connectivity index (χ0v) is 12.3. The molecule has 21 heavy (non-hydrogen) atoms. The molecule has 0 amide bonds. The Hall–Kier alpha value is -2.28. The molecule has 1 aromatic carbocycles. The Labute approximate surface area is 122 Å². The minimum absolute atomic E-state index is 0.362. The molecule has 112 valence electrons. The Morgan fingerprint density at radius 1 is 1.10 bits per heavy atom. The third kappa shape index (κ3) is 2.40. The zero-order valence-electron chi connectivity index (χ0n) is 12.3. The van der Waals surface area contributed by atoms with Gasteiger partial charge in [-0.2, -0.15) is 0 Å². The summed E-state index contributed by atoms with van der Waals surface area (Å²) in [6, 6.07) is 3.98. The Balaban J connectivity index is 2.05. The minimum Gasteiger partial charge on any atom is -0.496 e. The Kier molecular flexibility index (Phi) is 3.66. The van der Waals surface area contributed by atoms with Crippen LogP contribution >= 0.6 is 0 Å². The molecule has 3 rings (SSSR count). The molecule has 1 saturated heterocycles. The van der Waals surface area contributed by atoms with Crippen molar-refractivity contribution in [1.29, 1.82) is 0 Å². The fourth-order valence-electron chi connectivity index (χ4n) is 2.29. The lowest BCUT2D eigenvalue weighted by molar-refractivity contribution is 0.313. The number of hydrogen-bond donors (Lipinski definition) is 1.